The van der Waals surface area contributed by atoms with E-state index in [0.29, 0.717) is 49.1 Å². The molecule has 148 valence electrons. The van der Waals surface area contributed by atoms with E-state index in [4.69, 9.17) is 9.26 Å². The molecule has 0 radical (unpaired) electrons. The second-order valence-corrected chi connectivity index (χ2v) is 8.43. The van der Waals surface area contributed by atoms with Gasteiger partial charge in [-0.2, -0.15) is 9.40 Å². The molecule has 0 aliphatic carbocycles. The molecular formula is C17H20N6O4S. The van der Waals surface area contributed by atoms with Gasteiger partial charge in [0.25, 0.3) is 0 Å². The first-order chi connectivity index (χ1) is 13.4. The maximum absolute atomic E-state index is 12.9. The Bertz CT molecular complexity index is 1020. The first kappa shape index (κ1) is 18.6. The second kappa shape index (κ2) is 7.32. The van der Waals surface area contributed by atoms with Crippen molar-refractivity contribution in [2.45, 2.75) is 37.7 Å². The molecule has 1 aliphatic rings. The second-order valence-electron chi connectivity index (χ2n) is 6.55. The summed E-state index contributed by atoms with van der Waals surface area (Å²) in [5.41, 5.74) is 0.378. The van der Waals surface area contributed by atoms with E-state index in [1.165, 1.54) is 4.31 Å². The fourth-order valence-corrected chi connectivity index (χ4v) is 5.00. The van der Waals surface area contributed by atoms with Crippen LogP contribution in [0.3, 0.4) is 0 Å². The summed E-state index contributed by atoms with van der Waals surface area (Å²) in [5.74, 6) is 1.31. The van der Waals surface area contributed by atoms with Gasteiger partial charge in [-0.25, -0.2) is 13.1 Å². The lowest BCUT2D eigenvalue weighted by Crippen LogP contribution is -2.42. The minimum absolute atomic E-state index is 0.124. The summed E-state index contributed by atoms with van der Waals surface area (Å²) in [4.78, 5) is 0.159. The van der Waals surface area contributed by atoms with Crippen LogP contribution in [0.1, 0.15) is 24.3 Å². The molecule has 1 aliphatic heterocycles. The first-order valence-electron chi connectivity index (χ1n) is 8.88. The minimum atomic E-state index is -3.62. The van der Waals surface area contributed by atoms with Gasteiger partial charge >= 0.3 is 0 Å². The van der Waals surface area contributed by atoms with Gasteiger partial charge in [0.2, 0.25) is 15.9 Å². The van der Waals surface area contributed by atoms with Gasteiger partial charge in [0.1, 0.15) is 16.7 Å². The Morgan fingerprint density at radius 3 is 2.54 bits per heavy atom. The summed E-state index contributed by atoms with van der Waals surface area (Å²) < 4.78 is 39.7. The fraction of sp³-hybridized carbons (Fsp3) is 0.412. The van der Waals surface area contributed by atoms with Crippen molar-refractivity contribution in [3.63, 3.8) is 0 Å². The first-order valence-corrected chi connectivity index (χ1v) is 10.3. The molecule has 0 spiro atoms. The zero-order valence-electron chi connectivity index (χ0n) is 15.5. The monoisotopic (exact) mass is 404 g/mol. The molecule has 0 aromatic carbocycles. The molecule has 3 aromatic rings. The highest BCUT2D eigenvalue weighted by molar-refractivity contribution is 7.89. The average Bonchev–Trinajstić information content (AvgIpc) is 3.33. The molecule has 0 atom stereocenters. The van der Waals surface area contributed by atoms with Crippen molar-refractivity contribution < 1.29 is 17.7 Å². The van der Waals surface area contributed by atoms with Crippen LogP contribution in [0.25, 0.3) is 5.82 Å². The molecule has 4 rings (SSSR count). The fourth-order valence-electron chi connectivity index (χ4n) is 3.24. The number of piperidine rings is 1. The highest BCUT2D eigenvalue weighted by Crippen LogP contribution is 2.27. The molecule has 0 unspecified atom stereocenters. The standard InChI is InChI=1S/C17H20N6O4S/c1-12-17(13(2)27-21-12)28(24,25)22-10-6-14(7-11-22)26-16-5-4-15(19-20-16)23-9-3-8-18-23/h3-5,8-9,14H,6-7,10-11H2,1-2H3. The predicted molar refractivity (Wildman–Crippen MR) is 97.5 cm³/mol. The van der Waals surface area contributed by atoms with Crippen molar-refractivity contribution in [3.05, 3.63) is 42.0 Å². The molecule has 1 fully saturated rings. The normalized spacial score (nSPS) is 16.4. The van der Waals surface area contributed by atoms with Crippen LogP contribution in [0.2, 0.25) is 0 Å². The number of hydrogen-bond acceptors (Lipinski definition) is 8. The van der Waals surface area contributed by atoms with Crippen molar-refractivity contribution in [1.82, 2.24) is 29.4 Å². The quantitative estimate of drug-likeness (QED) is 0.628. The molecule has 0 amide bonds. The van der Waals surface area contributed by atoms with E-state index in [-0.39, 0.29) is 11.0 Å². The number of hydrogen-bond donors (Lipinski definition) is 0. The van der Waals surface area contributed by atoms with E-state index in [1.54, 1.807) is 49.1 Å². The van der Waals surface area contributed by atoms with Crippen LogP contribution in [0, 0.1) is 13.8 Å². The molecule has 1 saturated heterocycles. The summed E-state index contributed by atoms with van der Waals surface area (Å²) >= 11 is 0. The van der Waals surface area contributed by atoms with Gasteiger partial charge in [-0.05, 0) is 38.8 Å². The molecule has 0 N–H and O–H groups in total. The Balaban J connectivity index is 1.38. The Morgan fingerprint density at radius 1 is 1.18 bits per heavy atom. The molecule has 28 heavy (non-hydrogen) atoms. The van der Waals surface area contributed by atoms with Gasteiger partial charge in [-0.1, -0.05) is 5.16 Å². The summed E-state index contributed by atoms with van der Waals surface area (Å²) in [6.45, 7) is 3.95. The van der Waals surface area contributed by atoms with Crippen LogP contribution < -0.4 is 4.74 Å². The van der Waals surface area contributed by atoms with Crippen LogP contribution in [-0.2, 0) is 10.0 Å². The van der Waals surface area contributed by atoms with Gasteiger partial charge in [0.05, 0.1) is 0 Å². The smallest absolute Gasteiger partial charge is 0.248 e. The van der Waals surface area contributed by atoms with Gasteiger partial charge in [-0.15, -0.1) is 10.2 Å². The van der Waals surface area contributed by atoms with Crippen molar-refractivity contribution in [2.24, 2.45) is 0 Å². The number of sulfonamides is 1. The Labute approximate surface area is 162 Å². The highest BCUT2D eigenvalue weighted by atomic mass is 32.2. The van der Waals surface area contributed by atoms with Crippen molar-refractivity contribution >= 4 is 10.0 Å². The summed E-state index contributed by atoms with van der Waals surface area (Å²) in [6.07, 6.45) is 4.44. The molecular weight excluding hydrogens is 384 g/mol. The lowest BCUT2D eigenvalue weighted by molar-refractivity contribution is 0.128. The van der Waals surface area contributed by atoms with Crippen molar-refractivity contribution in [1.29, 1.82) is 0 Å². The third kappa shape index (κ3) is 3.50. The van der Waals surface area contributed by atoms with Gasteiger partial charge in [0.15, 0.2) is 11.6 Å². The average molecular weight is 404 g/mol. The van der Waals surface area contributed by atoms with E-state index < -0.39 is 10.0 Å². The van der Waals surface area contributed by atoms with Gasteiger partial charge in [0, 0.05) is 31.5 Å². The third-order valence-corrected chi connectivity index (χ3v) is 6.76. The van der Waals surface area contributed by atoms with Crippen LogP contribution in [0.15, 0.2) is 40.0 Å². The van der Waals surface area contributed by atoms with Gasteiger partial charge < -0.3 is 9.26 Å². The lowest BCUT2D eigenvalue weighted by Gasteiger charge is -2.30. The maximum Gasteiger partial charge on any atom is 0.248 e. The zero-order valence-corrected chi connectivity index (χ0v) is 16.3. The van der Waals surface area contributed by atoms with E-state index in [1.807, 2.05) is 0 Å². The third-order valence-electron chi connectivity index (χ3n) is 4.62. The summed E-state index contributed by atoms with van der Waals surface area (Å²) in [7, 11) is -3.62. The highest BCUT2D eigenvalue weighted by Gasteiger charge is 2.34. The van der Waals surface area contributed by atoms with Crippen molar-refractivity contribution in [2.75, 3.05) is 13.1 Å². The van der Waals surface area contributed by atoms with Crippen molar-refractivity contribution in [3.8, 4) is 11.7 Å². The van der Waals surface area contributed by atoms with Crippen LogP contribution in [-0.4, -0.2) is 57.1 Å². The van der Waals surface area contributed by atoms with Gasteiger partial charge in [-0.3, -0.25) is 0 Å². The molecule has 4 heterocycles. The lowest BCUT2D eigenvalue weighted by atomic mass is 10.1. The number of rotatable bonds is 5. The van der Waals surface area contributed by atoms with E-state index in [9.17, 15) is 8.42 Å². The minimum Gasteiger partial charge on any atom is -0.473 e. The predicted octanol–water partition coefficient (Wildman–Crippen LogP) is 1.50. The Morgan fingerprint density at radius 2 is 1.96 bits per heavy atom. The number of aromatic nitrogens is 5. The molecule has 11 heteroatoms. The zero-order chi connectivity index (χ0) is 19.7. The van der Waals surface area contributed by atoms with E-state index in [2.05, 4.69) is 20.5 Å². The topological polar surface area (TPSA) is 116 Å². The number of nitrogens with zero attached hydrogens (tertiary/aromatic N) is 6. The molecule has 0 saturated carbocycles. The molecule has 10 nitrogen and oxygen atoms in total. The maximum atomic E-state index is 12.9. The molecule has 3 aromatic heterocycles. The largest absolute Gasteiger partial charge is 0.473 e. The van der Waals surface area contributed by atoms with E-state index >= 15 is 0 Å². The number of ether oxygens (including phenoxy) is 1. The van der Waals surface area contributed by atoms with Crippen LogP contribution in [0.5, 0.6) is 5.88 Å². The Hall–Kier alpha value is -2.79. The summed E-state index contributed by atoms with van der Waals surface area (Å²) in [5, 5.41) is 16.0. The van der Waals surface area contributed by atoms with Crippen LogP contribution in [0.4, 0.5) is 0 Å². The summed E-state index contributed by atoms with van der Waals surface area (Å²) in [6, 6.07) is 5.31. The molecule has 0 bridgehead atoms. The number of aryl methyl sites for hydroxylation is 2. The SMILES string of the molecule is Cc1noc(C)c1S(=O)(=O)N1CCC(Oc2ccc(-n3cccn3)nn2)CC1. The Kier molecular flexibility index (Phi) is 4.85. The van der Waals surface area contributed by atoms with Crippen LogP contribution >= 0.6 is 0 Å². The van der Waals surface area contributed by atoms with E-state index in [0.717, 1.165) is 0 Å².